The maximum atomic E-state index is 13.0. The van der Waals surface area contributed by atoms with Crippen LogP contribution < -0.4 is 10.6 Å². The Bertz CT molecular complexity index is 853. The number of aliphatic carboxylic acids is 3. The average molecular weight is 600 g/mol. The first-order valence-corrected chi connectivity index (χ1v) is 14.9. The highest BCUT2D eigenvalue weighted by Gasteiger charge is 2.24. The predicted octanol–water partition coefficient (Wildman–Crippen LogP) is -2.04. The highest BCUT2D eigenvalue weighted by atomic mass is 16.4. The lowest BCUT2D eigenvalue weighted by Gasteiger charge is -2.34. The molecule has 2 aliphatic heterocycles. The average Bonchev–Trinajstić information content (AvgIpc) is 2.90. The molecule has 0 aromatic heterocycles. The van der Waals surface area contributed by atoms with Crippen LogP contribution in [0, 0.1) is 0 Å². The van der Waals surface area contributed by atoms with Gasteiger partial charge in [0.2, 0.25) is 11.8 Å². The van der Waals surface area contributed by atoms with Crippen molar-refractivity contribution in [3.8, 4) is 0 Å². The van der Waals surface area contributed by atoms with Crippen LogP contribution in [0.15, 0.2) is 0 Å². The lowest BCUT2D eigenvalue weighted by atomic mass is 10.0. The largest absolute Gasteiger partial charge is 0.480 e. The van der Waals surface area contributed by atoms with Gasteiger partial charge in [-0.25, -0.2) is 0 Å². The number of carboxylic acid groups (broad SMARTS) is 3. The zero-order chi connectivity index (χ0) is 30.9. The Morgan fingerprint density at radius 1 is 0.571 bits per heavy atom. The van der Waals surface area contributed by atoms with Gasteiger partial charge < -0.3 is 26.0 Å². The first kappa shape index (κ1) is 35.3. The Kier molecular flexibility index (Phi) is 16.3. The number of rotatable bonds is 14. The van der Waals surface area contributed by atoms with Crippen molar-refractivity contribution in [2.75, 3.05) is 105 Å². The molecule has 42 heavy (non-hydrogen) atoms. The molecular formula is C27H49N7O8. The van der Waals surface area contributed by atoms with Crippen molar-refractivity contribution in [3.63, 3.8) is 0 Å². The quantitative estimate of drug-likeness (QED) is 0.138. The van der Waals surface area contributed by atoms with E-state index in [1.807, 2.05) is 4.90 Å². The number of carboxylic acids is 3. The molecule has 2 aliphatic rings. The van der Waals surface area contributed by atoms with Crippen LogP contribution in [-0.4, -0.2) is 180 Å². The number of amides is 2. The Hall–Kier alpha value is -2.85. The lowest BCUT2D eigenvalue weighted by Crippen LogP contribution is -2.51. The van der Waals surface area contributed by atoms with Crippen LogP contribution in [0.4, 0.5) is 0 Å². The van der Waals surface area contributed by atoms with Crippen LogP contribution in [-0.2, 0) is 24.0 Å². The Morgan fingerprint density at radius 3 is 1.31 bits per heavy atom. The Morgan fingerprint density at radius 2 is 0.929 bits per heavy atom. The minimum Gasteiger partial charge on any atom is -0.480 e. The molecule has 5 N–H and O–H groups in total. The molecule has 0 aromatic rings. The molecule has 0 atom stereocenters. The monoisotopic (exact) mass is 599 g/mol. The summed E-state index contributed by atoms with van der Waals surface area (Å²) in [6.45, 7) is 6.79. The molecule has 15 heteroatoms. The normalized spacial score (nSPS) is 19.8. The molecule has 2 amide bonds. The maximum absolute atomic E-state index is 13.0. The summed E-state index contributed by atoms with van der Waals surface area (Å²) in [7, 11) is 0. The molecule has 2 fully saturated rings. The van der Waals surface area contributed by atoms with Crippen molar-refractivity contribution in [1.82, 2.24) is 35.1 Å². The topological polar surface area (TPSA) is 186 Å². The van der Waals surface area contributed by atoms with E-state index in [2.05, 4.69) is 22.5 Å². The van der Waals surface area contributed by atoms with E-state index in [-0.39, 0.29) is 44.0 Å². The maximum Gasteiger partial charge on any atom is 0.317 e. The molecule has 0 saturated carbocycles. The van der Waals surface area contributed by atoms with Crippen molar-refractivity contribution in [3.05, 3.63) is 0 Å². The van der Waals surface area contributed by atoms with Gasteiger partial charge in [0.25, 0.3) is 0 Å². The van der Waals surface area contributed by atoms with E-state index in [9.17, 15) is 39.3 Å². The number of hydrogen-bond donors (Lipinski definition) is 5. The van der Waals surface area contributed by atoms with Crippen LogP contribution in [0.1, 0.15) is 32.6 Å². The lowest BCUT2D eigenvalue weighted by molar-refractivity contribution is -0.140. The molecule has 2 saturated heterocycles. The van der Waals surface area contributed by atoms with Crippen molar-refractivity contribution in [2.24, 2.45) is 0 Å². The van der Waals surface area contributed by atoms with Crippen LogP contribution in [0.3, 0.4) is 0 Å². The molecule has 0 unspecified atom stereocenters. The number of nitrogens with zero attached hydrogens (tertiary/aromatic N) is 5. The number of carbonyl (C=O) groups excluding carboxylic acids is 2. The van der Waals surface area contributed by atoms with E-state index in [0.717, 1.165) is 25.7 Å². The van der Waals surface area contributed by atoms with E-state index < -0.39 is 17.9 Å². The van der Waals surface area contributed by atoms with E-state index in [1.165, 1.54) is 0 Å². The molecule has 0 aliphatic carbocycles. The zero-order valence-electron chi connectivity index (χ0n) is 24.8. The van der Waals surface area contributed by atoms with Gasteiger partial charge in [0.05, 0.1) is 32.7 Å². The zero-order valence-corrected chi connectivity index (χ0v) is 24.8. The second kappa shape index (κ2) is 19.4. The third kappa shape index (κ3) is 15.4. The molecule has 240 valence electrons. The van der Waals surface area contributed by atoms with E-state index in [0.29, 0.717) is 78.5 Å². The summed E-state index contributed by atoms with van der Waals surface area (Å²) in [5.41, 5.74) is 0. The molecule has 2 heterocycles. The van der Waals surface area contributed by atoms with Gasteiger partial charge in [-0.3, -0.25) is 48.5 Å². The molecule has 0 spiro atoms. The van der Waals surface area contributed by atoms with Crippen LogP contribution >= 0.6 is 0 Å². The van der Waals surface area contributed by atoms with Crippen LogP contribution in [0.2, 0.25) is 0 Å². The molecule has 0 aromatic carbocycles. The molecule has 0 radical (unpaired) electrons. The van der Waals surface area contributed by atoms with Crippen molar-refractivity contribution < 1.29 is 39.3 Å². The van der Waals surface area contributed by atoms with Gasteiger partial charge in [-0.1, -0.05) is 13.3 Å². The third-order valence-electron chi connectivity index (χ3n) is 7.55. The van der Waals surface area contributed by atoms with Gasteiger partial charge in [0, 0.05) is 78.0 Å². The molecule has 15 nitrogen and oxygen atoms in total. The van der Waals surface area contributed by atoms with Gasteiger partial charge in [-0.2, -0.15) is 0 Å². The number of likely N-dealkylation sites (tertiary alicyclic amines) is 1. The highest BCUT2D eigenvalue weighted by Crippen LogP contribution is 2.10. The molecular weight excluding hydrogens is 550 g/mol. The standard InChI is InChI=1S/C27H49N7O8/c1-2-3-6-28-23(35)17-30-7-4-22(5-8-30)29-24(36)18-31-9-11-32(19-25(37)38)13-15-34(21-27(41)42)16-14-33(12-10-31)20-26(39)40/h22H,2-21H2,1H3,(H,28,35)(H,29,36)(H,37,38)(H,39,40)(H,41,42). The summed E-state index contributed by atoms with van der Waals surface area (Å²) in [4.78, 5) is 68.5. The first-order chi connectivity index (χ1) is 20.0. The summed E-state index contributed by atoms with van der Waals surface area (Å²) in [5, 5.41) is 34.1. The summed E-state index contributed by atoms with van der Waals surface area (Å²) < 4.78 is 0. The number of hydrogen-bond acceptors (Lipinski definition) is 10. The second-order valence-electron chi connectivity index (χ2n) is 11.1. The number of carbonyl (C=O) groups is 5. The summed E-state index contributed by atoms with van der Waals surface area (Å²) in [6.07, 6.45) is 3.45. The fraction of sp³-hybridized carbons (Fsp3) is 0.815. The Labute approximate surface area is 247 Å². The van der Waals surface area contributed by atoms with Crippen LogP contribution in [0.25, 0.3) is 0 Å². The minimum atomic E-state index is -1.01. The Balaban J connectivity index is 1.94. The summed E-state index contributed by atoms with van der Waals surface area (Å²) in [5.74, 6) is -3.13. The van der Waals surface area contributed by atoms with Crippen molar-refractivity contribution >= 4 is 29.7 Å². The summed E-state index contributed by atoms with van der Waals surface area (Å²) in [6, 6.07) is -0.00316. The minimum absolute atomic E-state index is 0.00316. The van der Waals surface area contributed by atoms with Gasteiger partial charge in [-0.05, 0) is 19.3 Å². The number of nitrogens with one attached hydrogen (secondary N) is 2. The van der Waals surface area contributed by atoms with Gasteiger partial charge in [0.1, 0.15) is 0 Å². The molecule has 0 bridgehead atoms. The first-order valence-electron chi connectivity index (χ1n) is 14.9. The second-order valence-corrected chi connectivity index (χ2v) is 11.1. The van der Waals surface area contributed by atoms with Gasteiger partial charge in [0.15, 0.2) is 0 Å². The highest BCUT2D eigenvalue weighted by molar-refractivity contribution is 5.79. The third-order valence-corrected chi connectivity index (χ3v) is 7.55. The van der Waals surface area contributed by atoms with Gasteiger partial charge >= 0.3 is 17.9 Å². The number of piperidine rings is 1. The van der Waals surface area contributed by atoms with E-state index >= 15 is 0 Å². The summed E-state index contributed by atoms with van der Waals surface area (Å²) >= 11 is 0. The van der Waals surface area contributed by atoms with E-state index in [1.54, 1.807) is 14.7 Å². The van der Waals surface area contributed by atoms with Crippen LogP contribution in [0.5, 0.6) is 0 Å². The van der Waals surface area contributed by atoms with Crippen molar-refractivity contribution in [2.45, 2.75) is 38.6 Å². The number of unbranched alkanes of at least 4 members (excludes halogenated alkanes) is 1. The SMILES string of the molecule is CCCCNC(=O)CN1CCC(NC(=O)CN2CCN(CC(=O)O)CCN(CC(=O)O)CCN(CC(=O)O)CC2)CC1. The van der Waals surface area contributed by atoms with Crippen molar-refractivity contribution in [1.29, 1.82) is 0 Å². The smallest absolute Gasteiger partial charge is 0.317 e. The van der Waals surface area contributed by atoms with Gasteiger partial charge in [-0.15, -0.1) is 0 Å². The van der Waals surface area contributed by atoms with E-state index in [4.69, 9.17) is 0 Å². The predicted molar refractivity (Wildman–Crippen MR) is 154 cm³/mol. The fourth-order valence-electron chi connectivity index (χ4n) is 5.16. The fourth-order valence-corrected chi connectivity index (χ4v) is 5.16. The molecule has 2 rings (SSSR count).